The topological polar surface area (TPSA) is 33.7 Å². The fourth-order valence-electron chi connectivity index (χ4n) is 2.30. The molecule has 0 aliphatic heterocycles. The molecular weight excluding hydrogens is 414 g/mol. The number of halogens is 4. The van der Waals surface area contributed by atoms with E-state index in [1.54, 1.807) is 19.2 Å². The van der Waals surface area contributed by atoms with Gasteiger partial charge in [0, 0.05) is 25.2 Å². The minimum absolute atomic E-state index is 0. The summed E-state index contributed by atoms with van der Waals surface area (Å²) in [7, 11) is 5.67. The van der Waals surface area contributed by atoms with Crippen LogP contribution in [0.15, 0.2) is 36.4 Å². The Labute approximate surface area is 177 Å². The smallest absolute Gasteiger partial charge is 0.161 e. The van der Waals surface area contributed by atoms with Gasteiger partial charge in [-0.3, -0.25) is 0 Å². The van der Waals surface area contributed by atoms with Crippen molar-refractivity contribution < 1.29 is 13.9 Å². The van der Waals surface area contributed by atoms with Gasteiger partial charge in [-0.1, -0.05) is 23.7 Å². The van der Waals surface area contributed by atoms with E-state index in [9.17, 15) is 4.39 Å². The first kappa shape index (κ1) is 25.8. The molecule has 0 saturated carbocycles. The average Bonchev–Trinajstić information content (AvgIpc) is 2.58. The lowest BCUT2D eigenvalue weighted by atomic mass is 10.2. The van der Waals surface area contributed by atoms with Crippen LogP contribution in [0.4, 0.5) is 4.39 Å². The van der Waals surface area contributed by atoms with E-state index in [-0.39, 0.29) is 37.2 Å². The van der Waals surface area contributed by atoms with Gasteiger partial charge in [0.1, 0.15) is 12.4 Å². The van der Waals surface area contributed by atoms with Crippen LogP contribution in [0.3, 0.4) is 0 Å². The highest BCUT2D eigenvalue weighted by Gasteiger charge is 2.11. The molecule has 1 N–H and O–H groups in total. The Kier molecular flexibility index (Phi) is 12.4. The van der Waals surface area contributed by atoms with Crippen LogP contribution in [0.25, 0.3) is 0 Å². The van der Waals surface area contributed by atoms with Crippen molar-refractivity contribution in [3.05, 3.63) is 58.4 Å². The molecule has 0 aliphatic carbocycles. The maximum Gasteiger partial charge on any atom is 0.161 e. The Hall–Kier alpha value is -1.24. The van der Waals surface area contributed by atoms with E-state index in [4.69, 9.17) is 21.1 Å². The predicted molar refractivity (Wildman–Crippen MR) is 113 cm³/mol. The van der Waals surface area contributed by atoms with Crippen molar-refractivity contribution in [1.82, 2.24) is 10.2 Å². The standard InChI is InChI=1S/C19H24ClFN2O2.2ClH/c1-23(2)10-9-22-12-14-7-8-18(19(11-14)24-3)25-13-15-16(20)5-4-6-17(15)21;;/h4-8,11,22H,9-10,12-13H2,1-3H3;2*1H. The van der Waals surface area contributed by atoms with Crippen molar-refractivity contribution in [1.29, 1.82) is 0 Å². The molecule has 2 rings (SSSR count). The zero-order chi connectivity index (χ0) is 18.2. The summed E-state index contributed by atoms with van der Waals surface area (Å²) in [6.45, 7) is 2.66. The number of benzene rings is 2. The summed E-state index contributed by atoms with van der Waals surface area (Å²) in [6, 6.07) is 10.3. The Balaban J connectivity index is 0.00000338. The maximum atomic E-state index is 13.8. The number of methoxy groups -OCH3 is 1. The Morgan fingerprint density at radius 1 is 1.11 bits per heavy atom. The molecule has 2 aromatic rings. The van der Waals surface area contributed by atoms with Gasteiger partial charge in [0.25, 0.3) is 0 Å². The Morgan fingerprint density at radius 3 is 2.48 bits per heavy atom. The molecular formula is C19H26Cl3FN2O2. The number of rotatable bonds is 9. The summed E-state index contributed by atoms with van der Waals surface area (Å²) in [5, 5.41) is 3.72. The molecule has 0 bridgehead atoms. The van der Waals surface area contributed by atoms with Crippen LogP contribution in [0.5, 0.6) is 11.5 Å². The summed E-state index contributed by atoms with van der Waals surface area (Å²) in [4.78, 5) is 2.12. The van der Waals surface area contributed by atoms with Gasteiger partial charge < -0.3 is 19.7 Å². The minimum Gasteiger partial charge on any atom is -0.493 e. The maximum absolute atomic E-state index is 13.8. The third-order valence-electron chi connectivity index (χ3n) is 3.73. The number of hydrogen-bond donors (Lipinski definition) is 1. The quantitative estimate of drug-likeness (QED) is 0.581. The molecule has 0 fully saturated rings. The molecule has 0 heterocycles. The highest BCUT2D eigenvalue weighted by molar-refractivity contribution is 6.31. The van der Waals surface area contributed by atoms with Gasteiger partial charge in [0.15, 0.2) is 11.5 Å². The fraction of sp³-hybridized carbons (Fsp3) is 0.368. The van der Waals surface area contributed by atoms with Gasteiger partial charge in [-0.15, -0.1) is 24.8 Å². The zero-order valence-electron chi connectivity index (χ0n) is 15.6. The van der Waals surface area contributed by atoms with Crippen LogP contribution >= 0.6 is 36.4 Å². The van der Waals surface area contributed by atoms with Crippen molar-refractivity contribution >= 4 is 36.4 Å². The molecule has 0 spiro atoms. The number of nitrogens with zero attached hydrogens (tertiary/aromatic N) is 1. The number of ether oxygens (including phenoxy) is 2. The summed E-state index contributed by atoms with van der Waals surface area (Å²) < 4.78 is 24.9. The third-order valence-corrected chi connectivity index (χ3v) is 4.08. The number of nitrogens with one attached hydrogen (secondary N) is 1. The SMILES string of the molecule is COc1cc(CNCCN(C)C)ccc1OCc1c(F)cccc1Cl.Cl.Cl. The molecule has 0 aliphatic rings. The second kappa shape index (κ2) is 13.0. The first-order chi connectivity index (χ1) is 12.0. The highest BCUT2D eigenvalue weighted by Crippen LogP contribution is 2.30. The molecule has 0 aromatic heterocycles. The van der Waals surface area contributed by atoms with Crippen LogP contribution in [0, 0.1) is 5.82 Å². The summed E-state index contributed by atoms with van der Waals surface area (Å²) in [5.74, 6) is 0.784. The van der Waals surface area contributed by atoms with E-state index in [1.807, 2.05) is 32.3 Å². The number of hydrogen-bond acceptors (Lipinski definition) is 4. The normalized spacial score (nSPS) is 10.1. The first-order valence-electron chi connectivity index (χ1n) is 8.09. The molecule has 2 aromatic carbocycles. The molecule has 27 heavy (non-hydrogen) atoms. The second-order valence-corrected chi connectivity index (χ2v) is 6.36. The van der Waals surface area contributed by atoms with Crippen LogP contribution in [-0.4, -0.2) is 39.2 Å². The van der Waals surface area contributed by atoms with Gasteiger partial charge >= 0.3 is 0 Å². The van der Waals surface area contributed by atoms with Crippen molar-refractivity contribution in [3.8, 4) is 11.5 Å². The van der Waals surface area contributed by atoms with Crippen LogP contribution in [0.1, 0.15) is 11.1 Å². The van der Waals surface area contributed by atoms with Gasteiger partial charge in [-0.05, 0) is 43.9 Å². The van der Waals surface area contributed by atoms with Gasteiger partial charge in [-0.25, -0.2) is 4.39 Å². The van der Waals surface area contributed by atoms with Crippen LogP contribution in [-0.2, 0) is 13.2 Å². The summed E-state index contributed by atoms with van der Waals surface area (Å²) >= 11 is 6.02. The third kappa shape index (κ3) is 8.11. The van der Waals surface area contributed by atoms with Crippen molar-refractivity contribution in [2.75, 3.05) is 34.3 Å². The van der Waals surface area contributed by atoms with E-state index < -0.39 is 0 Å². The molecule has 0 atom stereocenters. The molecule has 0 unspecified atom stereocenters. The summed E-state index contributed by atoms with van der Waals surface area (Å²) in [6.07, 6.45) is 0. The lowest BCUT2D eigenvalue weighted by Gasteiger charge is -2.14. The predicted octanol–water partition coefficient (Wildman–Crippen LogP) is 4.56. The van der Waals surface area contributed by atoms with Gasteiger partial charge in [-0.2, -0.15) is 0 Å². The second-order valence-electron chi connectivity index (χ2n) is 5.95. The molecule has 8 heteroatoms. The lowest BCUT2D eigenvalue weighted by molar-refractivity contribution is 0.279. The Morgan fingerprint density at radius 2 is 1.85 bits per heavy atom. The van der Waals surface area contributed by atoms with Crippen LogP contribution in [0.2, 0.25) is 5.02 Å². The minimum atomic E-state index is -0.381. The molecule has 0 saturated heterocycles. The molecule has 0 radical (unpaired) electrons. The van der Waals surface area contributed by atoms with E-state index in [2.05, 4.69) is 10.2 Å². The van der Waals surface area contributed by atoms with Crippen molar-refractivity contribution in [3.63, 3.8) is 0 Å². The molecule has 0 amide bonds. The van der Waals surface area contributed by atoms with Crippen molar-refractivity contribution in [2.45, 2.75) is 13.2 Å². The highest BCUT2D eigenvalue weighted by atomic mass is 35.5. The number of likely N-dealkylation sites (N-methyl/N-ethyl adjacent to an activating group) is 1. The fourth-order valence-corrected chi connectivity index (χ4v) is 2.51. The van der Waals surface area contributed by atoms with Gasteiger partial charge in [0.2, 0.25) is 0 Å². The Bertz CT molecular complexity index is 682. The van der Waals surface area contributed by atoms with E-state index >= 15 is 0 Å². The molecule has 4 nitrogen and oxygen atoms in total. The largest absolute Gasteiger partial charge is 0.493 e. The van der Waals surface area contributed by atoms with Crippen molar-refractivity contribution in [2.24, 2.45) is 0 Å². The average molecular weight is 440 g/mol. The van der Waals surface area contributed by atoms with E-state index in [0.29, 0.717) is 22.1 Å². The van der Waals surface area contributed by atoms with Gasteiger partial charge in [0.05, 0.1) is 12.1 Å². The van der Waals surface area contributed by atoms with Crippen LogP contribution < -0.4 is 14.8 Å². The van der Waals surface area contributed by atoms with E-state index in [1.165, 1.54) is 6.07 Å². The zero-order valence-corrected chi connectivity index (χ0v) is 18.0. The molecule has 152 valence electrons. The lowest BCUT2D eigenvalue weighted by Crippen LogP contribution is -2.26. The first-order valence-corrected chi connectivity index (χ1v) is 8.47. The van der Waals surface area contributed by atoms with E-state index in [0.717, 1.165) is 25.2 Å². The monoisotopic (exact) mass is 438 g/mol. The summed E-state index contributed by atoms with van der Waals surface area (Å²) in [5.41, 5.74) is 1.42.